The van der Waals surface area contributed by atoms with Gasteiger partial charge >= 0.3 is 0 Å². The molecule has 0 radical (unpaired) electrons. The number of unbranched alkanes of at least 4 members (excludes halogenated alkanes) is 1. The third-order valence-electron chi connectivity index (χ3n) is 2.40. The van der Waals surface area contributed by atoms with Crippen LogP contribution in [0.2, 0.25) is 0 Å². The summed E-state index contributed by atoms with van der Waals surface area (Å²) in [4.78, 5) is 11.3. The van der Waals surface area contributed by atoms with E-state index < -0.39 is 0 Å². The van der Waals surface area contributed by atoms with Gasteiger partial charge in [0.15, 0.2) is 0 Å². The largest absolute Gasteiger partial charge is 0.508 e. The number of hydrogen-bond donors (Lipinski definition) is 2. The highest BCUT2D eigenvalue weighted by Gasteiger charge is 2.00. The monoisotopic (exact) mass is 221 g/mol. The highest BCUT2D eigenvalue weighted by molar-refractivity contribution is 5.75. The lowest BCUT2D eigenvalue weighted by molar-refractivity contribution is -0.121. The first-order chi connectivity index (χ1) is 7.72. The predicted octanol–water partition coefficient (Wildman–Crippen LogP) is 2.24. The molecule has 1 aromatic rings. The molecule has 1 amide bonds. The molecule has 0 atom stereocenters. The summed E-state index contributed by atoms with van der Waals surface area (Å²) in [6.07, 6.45) is 3.35. The van der Waals surface area contributed by atoms with Gasteiger partial charge in [-0.3, -0.25) is 4.79 Å². The van der Waals surface area contributed by atoms with E-state index in [-0.39, 0.29) is 11.7 Å². The SMILES string of the molecule is CCCCC(=O)NCCc1cccc(O)c1. The molecule has 0 saturated heterocycles. The highest BCUT2D eigenvalue weighted by Crippen LogP contribution is 2.10. The van der Waals surface area contributed by atoms with Gasteiger partial charge < -0.3 is 10.4 Å². The Morgan fingerprint density at radius 3 is 2.94 bits per heavy atom. The second-order valence-electron chi connectivity index (χ2n) is 3.87. The zero-order valence-corrected chi connectivity index (χ0v) is 9.70. The third kappa shape index (κ3) is 4.82. The number of carbonyl (C=O) groups excluding carboxylic acids is 1. The fourth-order valence-electron chi connectivity index (χ4n) is 1.48. The highest BCUT2D eigenvalue weighted by atomic mass is 16.3. The van der Waals surface area contributed by atoms with E-state index in [1.165, 1.54) is 0 Å². The van der Waals surface area contributed by atoms with Gasteiger partial charge in [-0.2, -0.15) is 0 Å². The number of phenols is 1. The topological polar surface area (TPSA) is 49.3 Å². The van der Waals surface area contributed by atoms with Gasteiger partial charge in [0.25, 0.3) is 0 Å². The van der Waals surface area contributed by atoms with Crippen molar-refractivity contribution >= 4 is 5.91 Å². The lowest BCUT2D eigenvalue weighted by Gasteiger charge is -2.05. The minimum atomic E-state index is 0.113. The Morgan fingerprint density at radius 1 is 1.44 bits per heavy atom. The molecule has 0 saturated carbocycles. The van der Waals surface area contributed by atoms with E-state index in [1.54, 1.807) is 12.1 Å². The molecule has 88 valence electrons. The molecular weight excluding hydrogens is 202 g/mol. The standard InChI is InChI=1S/C13H19NO2/c1-2-3-7-13(16)14-9-8-11-5-4-6-12(15)10-11/h4-6,10,15H,2-3,7-9H2,1H3,(H,14,16). The Morgan fingerprint density at radius 2 is 2.25 bits per heavy atom. The zero-order chi connectivity index (χ0) is 11.8. The Balaban J connectivity index is 2.22. The van der Waals surface area contributed by atoms with Crippen molar-refractivity contribution in [2.75, 3.05) is 6.54 Å². The number of amides is 1. The van der Waals surface area contributed by atoms with E-state index in [1.807, 2.05) is 12.1 Å². The maximum atomic E-state index is 11.3. The summed E-state index contributed by atoms with van der Waals surface area (Å²) in [6, 6.07) is 7.11. The molecule has 0 aliphatic heterocycles. The Labute approximate surface area is 96.5 Å². The number of hydrogen-bond acceptors (Lipinski definition) is 2. The van der Waals surface area contributed by atoms with Gasteiger partial charge in [0.1, 0.15) is 5.75 Å². The third-order valence-corrected chi connectivity index (χ3v) is 2.40. The van der Waals surface area contributed by atoms with Crippen LogP contribution in [0.4, 0.5) is 0 Å². The van der Waals surface area contributed by atoms with Gasteiger partial charge in [-0.25, -0.2) is 0 Å². The van der Waals surface area contributed by atoms with Crippen molar-refractivity contribution in [2.24, 2.45) is 0 Å². The summed E-state index contributed by atoms with van der Waals surface area (Å²) < 4.78 is 0. The molecule has 2 N–H and O–H groups in total. The number of benzene rings is 1. The summed E-state index contributed by atoms with van der Waals surface area (Å²) >= 11 is 0. The minimum absolute atomic E-state index is 0.113. The molecule has 16 heavy (non-hydrogen) atoms. The van der Waals surface area contributed by atoms with E-state index in [2.05, 4.69) is 12.2 Å². The summed E-state index contributed by atoms with van der Waals surface area (Å²) in [6.45, 7) is 2.70. The summed E-state index contributed by atoms with van der Waals surface area (Å²) in [7, 11) is 0. The normalized spacial score (nSPS) is 10.1. The van der Waals surface area contributed by atoms with E-state index in [4.69, 9.17) is 0 Å². The lowest BCUT2D eigenvalue weighted by Crippen LogP contribution is -2.25. The first-order valence-corrected chi connectivity index (χ1v) is 5.77. The molecule has 3 nitrogen and oxygen atoms in total. The molecule has 0 heterocycles. The Hall–Kier alpha value is -1.51. The van der Waals surface area contributed by atoms with Crippen molar-refractivity contribution in [3.8, 4) is 5.75 Å². The van der Waals surface area contributed by atoms with E-state index >= 15 is 0 Å². The van der Waals surface area contributed by atoms with Crippen LogP contribution < -0.4 is 5.32 Å². The summed E-state index contributed by atoms with van der Waals surface area (Å²) in [5.41, 5.74) is 1.04. The maximum Gasteiger partial charge on any atom is 0.220 e. The minimum Gasteiger partial charge on any atom is -0.508 e. The predicted molar refractivity (Wildman–Crippen MR) is 64.3 cm³/mol. The smallest absolute Gasteiger partial charge is 0.220 e. The molecule has 0 bridgehead atoms. The van der Waals surface area contributed by atoms with Gasteiger partial charge in [0.05, 0.1) is 0 Å². The number of nitrogens with one attached hydrogen (secondary N) is 1. The molecule has 0 fully saturated rings. The van der Waals surface area contributed by atoms with Crippen LogP contribution in [0.25, 0.3) is 0 Å². The van der Waals surface area contributed by atoms with Crippen LogP contribution >= 0.6 is 0 Å². The van der Waals surface area contributed by atoms with Gasteiger partial charge in [-0.15, -0.1) is 0 Å². The van der Waals surface area contributed by atoms with Crippen LogP contribution in [-0.2, 0) is 11.2 Å². The van der Waals surface area contributed by atoms with Crippen LogP contribution in [0.3, 0.4) is 0 Å². The first kappa shape index (κ1) is 12.6. The number of aromatic hydroxyl groups is 1. The Kier molecular flexibility index (Phi) is 5.40. The van der Waals surface area contributed by atoms with Crippen molar-refractivity contribution in [2.45, 2.75) is 32.6 Å². The summed E-state index contributed by atoms with van der Waals surface area (Å²) in [5, 5.41) is 12.1. The van der Waals surface area contributed by atoms with Gasteiger partial charge in [0, 0.05) is 13.0 Å². The number of carbonyl (C=O) groups is 1. The van der Waals surface area contributed by atoms with Crippen LogP contribution in [0.1, 0.15) is 31.7 Å². The average Bonchev–Trinajstić information content (AvgIpc) is 2.26. The van der Waals surface area contributed by atoms with Crippen LogP contribution in [0, 0.1) is 0 Å². The number of rotatable bonds is 6. The van der Waals surface area contributed by atoms with Crippen LogP contribution in [0.15, 0.2) is 24.3 Å². The lowest BCUT2D eigenvalue weighted by atomic mass is 10.1. The molecule has 1 aromatic carbocycles. The molecule has 0 aliphatic carbocycles. The average molecular weight is 221 g/mol. The van der Waals surface area contributed by atoms with E-state index in [9.17, 15) is 9.90 Å². The first-order valence-electron chi connectivity index (χ1n) is 5.77. The quantitative estimate of drug-likeness (QED) is 0.774. The molecule has 1 rings (SSSR count). The van der Waals surface area contributed by atoms with Gasteiger partial charge in [0.2, 0.25) is 5.91 Å². The summed E-state index contributed by atoms with van der Waals surface area (Å²) in [5.74, 6) is 0.386. The molecule has 0 aliphatic rings. The van der Waals surface area contributed by atoms with Gasteiger partial charge in [-0.1, -0.05) is 25.5 Å². The van der Waals surface area contributed by atoms with Crippen molar-refractivity contribution in [1.82, 2.24) is 5.32 Å². The molecular formula is C13H19NO2. The van der Waals surface area contributed by atoms with Crippen molar-refractivity contribution in [3.05, 3.63) is 29.8 Å². The Bertz CT molecular complexity index is 336. The number of phenolic OH excluding ortho intramolecular Hbond substituents is 1. The van der Waals surface area contributed by atoms with Crippen molar-refractivity contribution in [3.63, 3.8) is 0 Å². The van der Waals surface area contributed by atoms with E-state index in [0.717, 1.165) is 24.8 Å². The van der Waals surface area contributed by atoms with Crippen molar-refractivity contribution < 1.29 is 9.90 Å². The van der Waals surface area contributed by atoms with E-state index in [0.29, 0.717) is 13.0 Å². The van der Waals surface area contributed by atoms with Crippen molar-refractivity contribution in [1.29, 1.82) is 0 Å². The fourth-order valence-corrected chi connectivity index (χ4v) is 1.48. The van der Waals surface area contributed by atoms with Crippen LogP contribution in [0.5, 0.6) is 5.75 Å². The second-order valence-corrected chi connectivity index (χ2v) is 3.87. The molecule has 0 aromatic heterocycles. The molecule has 3 heteroatoms. The van der Waals surface area contributed by atoms with Crippen LogP contribution in [-0.4, -0.2) is 17.6 Å². The van der Waals surface area contributed by atoms with Gasteiger partial charge in [-0.05, 0) is 30.5 Å². The second kappa shape index (κ2) is 6.88. The fraction of sp³-hybridized carbons (Fsp3) is 0.462. The molecule has 0 unspecified atom stereocenters. The zero-order valence-electron chi connectivity index (χ0n) is 9.70. The molecule has 0 spiro atoms. The maximum absolute atomic E-state index is 11.3.